The Balaban J connectivity index is 1.73. The number of rotatable bonds is 8. The van der Waals surface area contributed by atoms with Crippen LogP contribution in [0.25, 0.3) is 0 Å². The zero-order chi connectivity index (χ0) is 24.9. The van der Waals surface area contributed by atoms with Crippen LogP contribution in [-0.2, 0) is 17.8 Å². The van der Waals surface area contributed by atoms with Crippen LogP contribution in [0.3, 0.4) is 0 Å². The molecular weight excluding hydrogens is 446 g/mol. The lowest BCUT2D eigenvalue weighted by Crippen LogP contribution is -2.42. The van der Waals surface area contributed by atoms with Crippen molar-refractivity contribution in [1.29, 1.82) is 0 Å². The Morgan fingerprint density at radius 2 is 1.97 bits per heavy atom. The number of nitrogen functional groups attached to an aromatic ring is 1. The highest BCUT2D eigenvalue weighted by Crippen LogP contribution is 2.25. The number of carbonyl (C=O) groups excluding carboxylic acids is 1. The SMILES string of the molecule is Cc1noc(C)c1CC(=O)N(CCC1=CCCCC1)c1c(N)n(Cc2ccccc2)c(=O)[nH]c1=O. The molecular formula is C26H31N5O4. The number of nitrogens with one attached hydrogen (secondary N) is 1. The standard InChI is InChI=1S/C26H31N5O4/c1-17-21(18(2)35-29-17)15-22(32)30(14-13-19-9-5-3-6-10-19)23-24(27)31(26(34)28-25(23)33)16-20-11-7-4-8-12-20/h4,7-9,11-12H,3,5-6,10,13-16,27H2,1-2H3,(H,28,33,34). The van der Waals surface area contributed by atoms with E-state index in [4.69, 9.17) is 10.3 Å². The summed E-state index contributed by atoms with van der Waals surface area (Å²) in [5, 5.41) is 3.94. The summed E-state index contributed by atoms with van der Waals surface area (Å²) in [7, 11) is 0. The molecule has 0 aliphatic heterocycles. The van der Waals surface area contributed by atoms with Crippen LogP contribution in [0.2, 0.25) is 0 Å². The van der Waals surface area contributed by atoms with E-state index < -0.39 is 11.2 Å². The molecule has 0 saturated carbocycles. The van der Waals surface area contributed by atoms with E-state index in [-0.39, 0.29) is 36.9 Å². The lowest BCUT2D eigenvalue weighted by Gasteiger charge is -2.26. The first-order chi connectivity index (χ1) is 16.8. The topological polar surface area (TPSA) is 127 Å². The second-order valence-corrected chi connectivity index (χ2v) is 8.95. The Bertz CT molecular complexity index is 1330. The zero-order valence-corrected chi connectivity index (χ0v) is 20.2. The highest BCUT2D eigenvalue weighted by atomic mass is 16.5. The summed E-state index contributed by atoms with van der Waals surface area (Å²) >= 11 is 0. The minimum absolute atomic E-state index is 0.00583. The average Bonchev–Trinajstić information content (AvgIpc) is 3.17. The van der Waals surface area contributed by atoms with Crippen molar-refractivity contribution >= 4 is 17.4 Å². The lowest BCUT2D eigenvalue weighted by molar-refractivity contribution is -0.118. The van der Waals surface area contributed by atoms with Gasteiger partial charge in [0, 0.05) is 12.1 Å². The predicted molar refractivity (Wildman–Crippen MR) is 134 cm³/mol. The minimum atomic E-state index is -0.679. The summed E-state index contributed by atoms with van der Waals surface area (Å²) < 4.78 is 6.51. The van der Waals surface area contributed by atoms with Crippen LogP contribution in [0.1, 0.15) is 54.7 Å². The number of anilines is 2. The van der Waals surface area contributed by atoms with Gasteiger partial charge in [-0.1, -0.05) is 47.1 Å². The minimum Gasteiger partial charge on any atom is -0.383 e. The summed E-state index contributed by atoms with van der Waals surface area (Å²) in [4.78, 5) is 43.0. The van der Waals surface area contributed by atoms with E-state index in [2.05, 4.69) is 16.2 Å². The molecule has 0 atom stereocenters. The second-order valence-electron chi connectivity index (χ2n) is 8.95. The Labute approximate surface area is 203 Å². The van der Waals surface area contributed by atoms with Crippen LogP contribution in [-0.4, -0.2) is 27.2 Å². The van der Waals surface area contributed by atoms with Crippen molar-refractivity contribution in [2.75, 3.05) is 17.2 Å². The van der Waals surface area contributed by atoms with Gasteiger partial charge in [-0.05, 0) is 51.5 Å². The molecule has 2 heterocycles. The molecule has 0 unspecified atom stereocenters. The smallest absolute Gasteiger partial charge is 0.330 e. The van der Waals surface area contributed by atoms with Gasteiger partial charge in [-0.15, -0.1) is 0 Å². The van der Waals surface area contributed by atoms with Gasteiger partial charge in [-0.25, -0.2) is 4.79 Å². The molecule has 0 radical (unpaired) electrons. The number of H-pyrrole nitrogens is 1. The number of benzene rings is 1. The molecule has 9 heteroatoms. The lowest BCUT2D eigenvalue weighted by atomic mass is 9.97. The molecule has 0 saturated heterocycles. The van der Waals surface area contributed by atoms with Crippen molar-refractivity contribution in [3.63, 3.8) is 0 Å². The molecule has 1 aromatic carbocycles. The van der Waals surface area contributed by atoms with E-state index in [1.54, 1.807) is 13.8 Å². The van der Waals surface area contributed by atoms with Gasteiger partial charge in [0.25, 0.3) is 5.56 Å². The number of nitrogens with two attached hydrogens (primary N) is 1. The van der Waals surface area contributed by atoms with E-state index in [1.165, 1.54) is 15.0 Å². The third-order valence-electron chi connectivity index (χ3n) is 6.52. The summed E-state index contributed by atoms with van der Waals surface area (Å²) in [5.41, 5.74) is 8.54. The summed E-state index contributed by atoms with van der Waals surface area (Å²) in [6, 6.07) is 9.34. The maximum absolute atomic E-state index is 13.6. The number of aromatic nitrogens is 3. The molecule has 9 nitrogen and oxygen atoms in total. The van der Waals surface area contributed by atoms with Crippen LogP contribution in [0.5, 0.6) is 0 Å². The Morgan fingerprint density at radius 1 is 1.20 bits per heavy atom. The quantitative estimate of drug-likeness (QED) is 0.480. The molecule has 4 rings (SSSR count). The monoisotopic (exact) mass is 477 g/mol. The van der Waals surface area contributed by atoms with Crippen molar-refractivity contribution < 1.29 is 9.32 Å². The fourth-order valence-electron chi connectivity index (χ4n) is 4.51. The molecule has 1 aliphatic carbocycles. The van der Waals surface area contributed by atoms with Gasteiger partial charge in [-0.2, -0.15) is 0 Å². The fourth-order valence-corrected chi connectivity index (χ4v) is 4.51. The molecule has 1 amide bonds. The number of aromatic amines is 1. The maximum Gasteiger partial charge on any atom is 0.330 e. The van der Waals surface area contributed by atoms with Gasteiger partial charge in [-0.3, -0.25) is 19.1 Å². The maximum atomic E-state index is 13.6. The third kappa shape index (κ3) is 5.45. The van der Waals surface area contributed by atoms with E-state index in [9.17, 15) is 14.4 Å². The van der Waals surface area contributed by atoms with Gasteiger partial charge >= 0.3 is 5.69 Å². The van der Waals surface area contributed by atoms with Crippen LogP contribution in [0.4, 0.5) is 11.5 Å². The van der Waals surface area contributed by atoms with Crippen molar-refractivity contribution in [3.05, 3.63) is 85.4 Å². The normalized spacial score (nSPS) is 13.5. The molecule has 3 N–H and O–H groups in total. The van der Waals surface area contributed by atoms with Crippen molar-refractivity contribution in [3.8, 4) is 0 Å². The largest absolute Gasteiger partial charge is 0.383 e. The van der Waals surface area contributed by atoms with Crippen molar-refractivity contribution in [2.45, 2.75) is 58.9 Å². The molecule has 3 aromatic rings. The Hall–Kier alpha value is -3.88. The van der Waals surface area contributed by atoms with Gasteiger partial charge < -0.3 is 15.2 Å². The Morgan fingerprint density at radius 3 is 2.63 bits per heavy atom. The number of nitrogens with zero attached hydrogens (tertiary/aromatic N) is 3. The molecule has 1 aliphatic rings. The number of hydrogen-bond donors (Lipinski definition) is 2. The van der Waals surface area contributed by atoms with E-state index in [0.717, 1.165) is 31.2 Å². The van der Waals surface area contributed by atoms with Crippen LogP contribution in [0.15, 0.2) is 56.1 Å². The molecule has 0 spiro atoms. The van der Waals surface area contributed by atoms with E-state index in [0.29, 0.717) is 23.4 Å². The number of allylic oxidation sites excluding steroid dienone is 1. The average molecular weight is 478 g/mol. The zero-order valence-electron chi connectivity index (χ0n) is 20.2. The van der Waals surface area contributed by atoms with Gasteiger partial charge in [0.05, 0.1) is 18.7 Å². The predicted octanol–water partition coefficient (Wildman–Crippen LogP) is 3.24. The molecule has 0 bridgehead atoms. The Kier molecular flexibility index (Phi) is 7.33. The highest BCUT2D eigenvalue weighted by Gasteiger charge is 2.26. The number of amides is 1. The van der Waals surface area contributed by atoms with Crippen LogP contribution < -0.4 is 21.9 Å². The summed E-state index contributed by atoms with van der Waals surface area (Å²) in [5.74, 6) is 0.215. The summed E-state index contributed by atoms with van der Waals surface area (Å²) in [6.07, 6.45) is 7.13. The first-order valence-electron chi connectivity index (χ1n) is 11.9. The third-order valence-corrected chi connectivity index (χ3v) is 6.52. The highest BCUT2D eigenvalue weighted by molar-refractivity contribution is 5.97. The molecule has 2 aromatic heterocycles. The van der Waals surface area contributed by atoms with Crippen LogP contribution >= 0.6 is 0 Å². The number of hydrogen-bond acceptors (Lipinski definition) is 6. The molecule has 0 fully saturated rings. The second kappa shape index (κ2) is 10.6. The first kappa shape index (κ1) is 24.3. The van der Waals surface area contributed by atoms with Gasteiger partial charge in [0.15, 0.2) is 5.69 Å². The van der Waals surface area contributed by atoms with Gasteiger partial charge in [0.1, 0.15) is 11.6 Å². The summed E-state index contributed by atoms with van der Waals surface area (Å²) in [6.45, 7) is 3.98. The molecule has 35 heavy (non-hydrogen) atoms. The van der Waals surface area contributed by atoms with Gasteiger partial charge in [0.2, 0.25) is 5.91 Å². The number of aryl methyl sites for hydroxylation is 2. The number of carbonyl (C=O) groups is 1. The first-order valence-corrected chi connectivity index (χ1v) is 11.9. The molecule has 184 valence electrons. The van der Waals surface area contributed by atoms with Crippen LogP contribution in [0, 0.1) is 13.8 Å². The van der Waals surface area contributed by atoms with Crippen molar-refractivity contribution in [2.24, 2.45) is 0 Å². The van der Waals surface area contributed by atoms with Crippen molar-refractivity contribution in [1.82, 2.24) is 14.7 Å². The van der Waals surface area contributed by atoms with E-state index >= 15 is 0 Å². The fraction of sp³-hybridized carbons (Fsp3) is 0.385. The van der Waals surface area contributed by atoms with E-state index in [1.807, 2.05) is 30.3 Å².